The number of hydrogen-bond donors (Lipinski definition) is 3. The number of thiocarbonyl (C=S) groups is 1. The highest BCUT2D eigenvalue weighted by molar-refractivity contribution is 8.26. The number of phenols is 1. The van der Waals surface area contributed by atoms with Gasteiger partial charge in [-0.3, -0.25) is 14.5 Å². The number of amides is 2. The molecule has 2 aromatic rings. The summed E-state index contributed by atoms with van der Waals surface area (Å²) in [4.78, 5) is 37.8. The standard InChI is InChI=1S/C23H22N2O7S2/c1-31-16-10-13(11-17(32-2)20(16)27)12-18-21(28)25(23(33)34-18)9-3-4-19(26)24-15-7-5-14(6-8-15)22(29)30/h5-8,10-12,27H,3-4,9H2,1-2H3,(H,24,26)(H,29,30)/b18-12-. The van der Waals surface area contributed by atoms with Gasteiger partial charge in [0.25, 0.3) is 5.91 Å². The number of rotatable bonds is 9. The first-order chi connectivity index (χ1) is 16.2. The molecular weight excluding hydrogens is 480 g/mol. The number of nitrogens with zero attached hydrogens (tertiary/aromatic N) is 1. The molecule has 1 fully saturated rings. The van der Waals surface area contributed by atoms with Crippen molar-refractivity contribution < 1.29 is 34.1 Å². The zero-order valence-corrected chi connectivity index (χ0v) is 20.0. The summed E-state index contributed by atoms with van der Waals surface area (Å²) in [6.45, 7) is 0.273. The number of aromatic hydroxyl groups is 1. The third kappa shape index (κ3) is 5.86. The quantitative estimate of drug-likeness (QED) is 0.347. The summed E-state index contributed by atoms with van der Waals surface area (Å²) in [6, 6.07) is 9.01. The van der Waals surface area contributed by atoms with Gasteiger partial charge in [0.1, 0.15) is 4.32 Å². The molecule has 3 rings (SSSR count). The minimum Gasteiger partial charge on any atom is -0.502 e. The molecule has 2 aromatic carbocycles. The van der Waals surface area contributed by atoms with Crippen LogP contribution in [-0.4, -0.2) is 58.0 Å². The minimum atomic E-state index is -1.04. The number of anilines is 1. The van der Waals surface area contributed by atoms with Gasteiger partial charge in [0.2, 0.25) is 11.7 Å². The Morgan fingerprint density at radius 3 is 2.32 bits per heavy atom. The van der Waals surface area contributed by atoms with Gasteiger partial charge in [0.05, 0.1) is 24.7 Å². The Bertz CT molecular complexity index is 1140. The van der Waals surface area contributed by atoms with E-state index in [1.54, 1.807) is 18.2 Å². The van der Waals surface area contributed by atoms with E-state index < -0.39 is 5.97 Å². The first-order valence-corrected chi connectivity index (χ1v) is 11.3. The van der Waals surface area contributed by atoms with E-state index in [1.807, 2.05) is 0 Å². The van der Waals surface area contributed by atoms with E-state index in [0.29, 0.717) is 26.9 Å². The predicted octanol–water partition coefficient (Wildman–Crippen LogP) is 3.73. The number of phenolic OH excluding ortho intramolecular Hbond substituents is 1. The average molecular weight is 503 g/mol. The first kappa shape index (κ1) is 25.1. The fourth-order valence-corrected chi connectivity index (χ4v) is 4.47. The first-order valence-electron chi connectivity index (χ1n) is 10.1. The molecule has 2 amide bonds. The molecule has 9 nitrogen and oxygen atoms in total. The second-order valence-corrected chi connectivity index (χ2v) is 8.82. The van der Waals surface area contributed by atoms with Gasteiger partial charge in [-0.05, 0) is 54.5 Å². The van der Waals surface area contributed by atoms with Gasteiger partial charge in [0, 0.05) is 18.7 Å². The summed E-state index contributed by atoms with van der Waals surface area (Å²) in [5.41, 5.74) is 1.22. The van der Waals surface area contributed by atoms with E-state index in [2.05, 4.69) is 5.32 Å². The molecule has 178 valence electrons. The summed E-state index contributed by atoms with van der Waals surface area (Å²) in [5, 5.41) is 21.7. The molecule has 11 heteroatoms. The van der Waals surface area contributed by atoms with Gasteiger partial charge in [-0.25, -0.2) is 4.79 Å². The number of carbonyl (C=O) groups is 3. The van der Waals surface area contributed by atoms with Crippen molar-refractivity contribution in [3.05, 3.63) is 52.4 Å². The number of benzene rings is 2. The van der Waals surface area contributed by atoms with E-state index in [4.69, 9.17) is 26.8 Å². The molecule has 0 atom stereocenters. The molecule has 1 heterocycles. The smallest absolute Gasteiger partial charge is 0.335 e. The highest BCUT2D eigenvalue weighted by Gasteiger charge is 2.31. The normalized spacial score (nSPS) is 14.4. The molecule has 0 spiro atoms. The van der Waals surface area contributed by atoms with E-state index >= 15 is 0 Å². The van der Waals surface area contributed by atoms with Crippen LogP contribution >= 0.6 is 24.0 Å². The number of carboxylic acids is 1. The van der Waals surface area contributed by atoms with Gasteiger partial charge >= 0.3 is 5.97 Å². The summed E-state index contributed by atoms with van der Waals surface area (Å²) < 4.78 is 10.7. The average Bonchev–Trinajstić information content (AvgIpc) is 3.07. The third-order valence-electron chi connectivity index (χ3n) is 4.87. The van der Waals surface area contributed by atoms with Crippen molar-refractivity contribution in [3.63, 3.8) is 0 Å². The van der Waals surface area contributed by atoms with Crippen molar-refractivity contribution in [1.82, 2.24) is 4.90 Å². The molecule has 0 unspecified atom stereocenters. The molecule has 1 aliphatic rings. The van der Waals surface area contributed by atoms with Crippen LogP contribution in [0.2, 0.25) is 0 Å². The van der Waals surface area contributed by atoms with Crippen molar-refractivity contribution in [2.24, 2.45) is 0 Å². The van der Waals surface area contributed by atoms with Gasteiger partial charge in [-0.15, -0.1) is 0 Å². The van der Waals surface area contributed by atoms with Crippen LogP contribution in [-0.2, 0) is 9.59 Å². The van der Waals surface area contributed by atoms with Crippen molar-refractivity contribution >= 4 is 57.8 Å². The van der Waals surface area contributed by atoms with Crippen molar-refractivity contribution in [2.45, 2.75) is 12.8 Å². The number of hydrogen-bond acceptors (Lipinski definition) is 8. The van der Waals surface area contributed by atoms with Crippen LogP contribution in [0.5, 0.6) is 17.2 Å². The maximum Gasteiger partial charge on any atom is 0.335 e. The summed E-state index contributed by atoms with van der Waals surface area (Å²) in [7, 11) is 2.83. The maximum absolute atomic E-state index is 12.8. The van der Waals surface area contributed by atoms with Crippen molar-refractivity contribution in [2.75, 3.05) is 26.1 Å². The van der Waals surface area contributed by atoms with Crippen LogP contribution in [0, 0.1) is 0 Å². The Morgan fingerprint density at radius 2 is 1.76 bits per heavy atom. The van der Waals surface area contributed by atoms with Crippen LogP contribution < -0.4 is 14.8 Å². The molecule has 0 bridgehead atoms. The number of aromatic carboxylic acids is 1. The van der Waals surface area contributed by atoms with Gasteiger partial charge in [0.15, 0.2) is 11.5 Å². The molecule has 3 N–H and O–H groups in total. The van der Waals surface area contributed by atoms with Crippen LogP contribution in [0.4, 0.5) is 5.69 Å². The second-order valence-electron chi connectivity index (χ2n) is 7.14. The Kier molecular flexibility index (Phi) is 8.13. The van der Waals surface area contributed by atoms with E-state index in [9.17, 15) is 19.5 Å². The monoisotopic (exact) mass is 502 g/mol. The lowest BCUT2D eigenvalue weighted by Crippen LogP contribution is -2.29. The van der Waals surface area contributed by atoms with Crippen LogP contribution in [0.15, 0.2) is 41.3 Å². The Balaban J connectivity index is 1.59. The highest BCUT2D eigenvalue weighted by Crippen LogP contribution is 2.39. The van der Waals surface area contributed by atoms with Crippen LogP contribution in [0.25, 0.3) is 6.08 Å². The molecule has 1 aliphatic heterocycles. The van der Waals surface area contributed by atoms with Gasteiger partial charge in [-0.2, -0.15) is 0 Å². The molecule has 0 aliphatic carbocycles. The van der Waals surface area contributed by atoms with Crippen LogP contribution in [0.1, 0.15) is 28.8 Å². The molecule has 1 saturated heterocycles. The topological polar surface area (TPSA) is 125 Å². The molecule has 34 heavy (non-hydrogen) atoms. The Labute approximate surface area is 205 Å². The van der Waals surface area contributed by atoms with E-state index in [0.717, 1.165) is 11.8 Å². The SMILES string of the molecule is COc1cc(/C=C2\SC(=S)N(CCCC(=O)Nc3ccc(C(=O)O)cc3)C2=O)cc(OC)c1O. The van der Waals surface area contributed by atoms with E-state index in [-0.39, 0.29) is 47.6 Å². The summed E-state index contributed by atoms with van der Waals surface area (Å²) >= 11 is 6.48. The lowest BCUT2D eigenvalue weighted by Gasteiger charge is -2.14. The Hall–Kier alpha value is -3.57. The summed E-state index contributed by atoms with van der Waals surface area (Å²) in [5.74, 6) is -1.28. The molecule has 0 aromatic heterocycles. The lowest BCUT2D eigenvalue weighted by molar-refractivity contribution is -0.122. The van der Waals surface area contributed by atoms with Crippen LogP contribution in [0.3, 0.4) is 0 Å². The summed E-state index contributed by atoms with van der Waals surface area (Å²) in [6.07, 6.45) is 2.18. The number of nitrogens with one attached hydrogen (secondary N) is 1. The van der Waals surface area contributed by atoms with Gasteiger partial charge < -0.3 is 25.0 Å². The molecular formula is C23H22N2O7S2. The number of ether oxygens (including phenoxy) is 2. The van der Waals surface area contributed by atoms with Crippen molar-refractivity contribution in [3.8, 4) is 17.2 Å². The Morgan fingerprint density at radius 1 is 1.15 bits per heavy atom. The fraction of sp³-hybridized carbons (Fsp3) is 0.217. The van der Waals surface area contributed by atoms with E-state index in [1.165, 1.54) is 43.4 Å². The number of carboxylic acid groups (broad SMARTS) is 1. The highest BCUT2D eigenvalue weighted by atomic mass is 32.2. The maximum atomic E-state index is 12.8. The second kappa shape index (κ2) is 11.0. The fourth-order valence-electron chi connectivity index (χ4n) is 3.16. The molecule has 0 radical (unpaired) electrons. The zero-order valence-electron chi connectivity index (χ0n) is 18.4. The third-order valence-corrected chi connectivity index (χ3v) is 6.25. The number of thioether (sulfide) groups is 1. The number of methoxy groups -OCH3 is 2. The predicted molar refractivity (Wildman–Crippen MR) is 132 cm³/mol. The zero-order chi connectivity index (χ0) is 24.8. The molecule has 0 saturated carbocycles. The minimum absolute atomic E-state index is 0.129. The largest absolute Gasteiger partial charge is 0.502 e. The van der Waals surface area contributed by atoms with Crippen molar-refractivity contribution in [1.29, 1.82) is 0 Å². The number of carbonyl (C=O) groups excluding carboxylic acids is 2. The van der Waals surface area contributed by atoms with Gasteiger partial charge in [-0.1, -0.05) is 24.0 Å². The lowest BCUT2D eigenvalue weighted by atomic mass is 10.1.